The second kappa shape index (κ2) is 4.67. The van der Waals surface area contributed by atoms with Crippen LogP contribution in [0.4, 0.5) is 0 Å². The molecule has 0 spiro atoms. The maximum absolute atomic E-state index is 11.4. The lowest BCUT2D eigenvalue weighted by Crippen LogP contribution is -2.09. The highest BCUT2D eigenvalue weighted by molar-refractivity contribution is 7.96. The highest BCUT2D eigenvalue weighted by atomic mass is 32.2. The summed E-state index contributed by atoms with van der Waals surface area (Å²) in [5.41, 5.74) is 0.420. The standard InChI is InChI=1S/C9H13O5PS/c1-8-2-4-9(5-3-8)6-16(13,14)7-15(10,11)12/h2-5H,6-7H2,1H3,(H2,10,11,12). The summed E-state index contributed by atoms with van der Waals surface area (Å²) in [6.07, 6.45) is 0. The van der Waals surface area contributed by atoms with Gasteiger partial charge in [-0.25, -0.2) is 8.42 Å². The first kappa shape index (κ1) is 13.4. The van der Waals surface area contributed by atoms with Crippen molar-refractivity contribution in [1.29, 1.82) is 0 Å². The Morgan fingerprint density at radius 2 is 1.69 bits per heavy atom. The molecule has 0 heterocycles. The zero-order valence-electron chi connectivity index (χ0n) is 8.70. The van der Waals surface area contributed by atoms with Crippen molar-refractivity contribution in [3.8, 4) is 0 Å². The van der Waals surface area contributed by atoms with Crippen LogP contribution in [0.5, 0.6) is 0 Å². The van der Waals surface area contributed by atoms with Crippen molar-refractivity contribution in [3.05, 3.63) is 35.4 Å². The summed E-state index contributed by atoms with van der Waals surface area (Å²) < 4.78 is 33.4. The van der Waals surface area contributed by atoms with E-state index in [0.29, 0.717) is 5.56 Å². The fourth-order valence-electron chi connectivity index (χ4n) is 1.24. The lowest BCUT2D eigenvalue weighted by molar-refractivity contribution is 0.378. The Morgan fingerprint density at radius 3 is 2.12 bits per heavy atom. The number of aryl methyl sites for hydroxylation is 1. The zero-order chi connectivity index (χ0) is 12.4. The summed E-state index contributed by atoms with van der Waals surface area (Å²) in [4.78, 5) is 17.2. The van der Waals surface area contributed by atoms with Gasteiger partial charge in [0, 0.05) is 0 Å². The Morgan fingerprint density at radius 1 is 1.19 bits per heavy atom. The monoisotopic (exact) mass is 264 g/mol. The van der Waals surface area contributed by atoms with Crippen molar-refractivity contribution in [2.75, 3.05) is 5.49 Å². The van der Waals surface area contributed by atoms with Gasteiger partial charge in [-0.1, -0.05) is 29.8 Å². The number of hydrogen-bond donors (Lipinski definition) is 2. The van der Waals surface area contributed by atoms with E-state index >= 15 is 0 Å². The average molecular weight is 264 g/mol. The van der Waals surface area contributed by atoms with Crippen LogP contribution in [0.25, 0.3) is 0 Å². The molecule has 0 aliphatic heterocycles. The van der Waals surface area contributed by atoms with Gasteiger partial charge >= 0.3 is 7.60 Å². The number of rotatable bonds is 4. The predicted octanol–water partition coefficient (Wildman–Crippen LogP) is 1.05. The van der Waals surface area contributed by atoms with E-state index in [9.17, 15) is 13.0 Å². The second-order valence-electron chi connectivity index (χ2n) is 3.67. The van der Waals surface area contributed by atoms with Crippen LogP contribution in [0.15, 0.2) is 24.3 Å². The molecule has 0 aromatic heterocycles. The van der Waals surface area contributed by atoms with Crippen LogP contribution in [0.2, 0.25) is 0 Å². The molecule has 16 heavy (non-hydrogen) atoms. The van der Waals surface area contributed by atoms with Gasteiger partial charge < -0.3 is 9.79 Å². The third-order valence-electron chi connectivity index (χ3n) is 1.87. The Balaban J connectivity index is 2.81. The minimum atomic E-state index is -4.52. The van der Waals surface area contributed by atoms with E-state index in [2.05, 4.69) is 0 Å². The van der Waals surface area contributed by atoms with Gasteiger partial charge in [0.05, 0.1) is 5.75 Å². The van der Waals surface area contributed by atoms with E-state index in [1.807, 2.05) is 6.92 Å². The molecule has 0 fully saturated rings. The third kappa shape index (κ3) is 4.90. The summed E-state index contributed by atoms with van der Waals surface area (Å²) in [5, 5.41) is 0. The van der Waals surface area contributed by atoms with Crippen molar-refractivity contribution in [1.82, 2.24) is 0 Å². The van der Waals surface area contributed by atoms with Gasteiger partial charge in [-0.2, -0.15) is 0 Å². The quantitative estimate of drug-likeness (QED) is 0.793. The summed E-state index contributed by atoms with van der Waals surface area (Å²) in [6, 6.07) is 6.77. The fraction of sp³-hybridized carbons (Fsp3) is 0.333. The maximum atomic E-state index is 11.4. The van der Waals surface area contributed by atoms with Crippen molar-refractivity contribution in [2.24, 2.45) is 0 Å². The number of sulfone groups is 1. The van der Waals surface area contributed by atoms with E-state index in [4.69, 9.17) is 9.79 Å². The first-order valence-electron chi connectivity index (χ1n) is 4.48. The van der Waals surface area contributed by atoms with E-state index in [-0.39, 0.29) is 5.75 Å². The first-order valence-corrected chi connectivity index (χ1v) is 8.10. The van der Waals surface area contributed by atoms with Crippen LogP contribution >= 0.6 is 7.60 Å². The van der Waals surface area contributed by atoms with Gasteiger partial charge in [0.2, 0.25) is 0 Å². The van der Waals surface area contributed by atoms with Crippen LogP contribution < -0.4 is 0 Å². The van der Waals surface area contributed by atoms with Gasteiger partial charge in [0.25, 0.3) is 0 Å². The molecule has 0 bridgehead atoms. The fourth-order valence-corrected chi connectivity index (χ4v) is 4.36. The molecule has 0 radical (unpaired) electrons. The second-order valence-corrected chi connectivity index (χ2v) is 7.81. The molecule has 0 saturated heterocycles. The Bertz CT molecular complexity index is 499. The van der Waals surface area contributed by atoms with Crippen molar-refractivity contribution in [3.63, 3.8) is 0 Å². The molecule has 0 unspecified atom stereocenters. The SMILES string of the molecule is Cc1ccc(CS(=O)(=O)CP(=O)(O)O)cc1. The molecule has 1 aromatic carbocycles. The van der Waals surface area contributed by atoms with Crippen LogP contribution in [-0.4, -0.2) is 23.7 Å². The molecule has 5 nitrogen and oxygen atoms in total. The average Bonchev–Trinajstić information content (AvgIpc) is 2.04. The smallest absolute Gasteiger partial charge is 0.324 e. The van der Waals surface area contributed by atoms with Gasteiger partial charge in [-0.3, -0.25) is 4.57 Å². The molecule has 1 aromatic rings. The molecular formula is C9H13O5PS. The largest absolute Gasteiger partial charge is 0.340 e. The lowest BCUT2D eigenvalue weighted by atomic mass is 10.2. The summed E-state index contributed by atoms with van der Waals surface area (Å²) in [7, 11) is -8.29. The summed E-state index contributed by atoms with van der Waals surface area (Å²) in [5.74, 6) is -0.349. The highest BCUT2D eigenvalue weighted by Gasteiger charge is 2.24. The van der Waals surface area contributed by atoms with E-state index < -0.39 is 22.9 Å². The minimum Gasteiger partial charge on any atom is -0.324 e. The summed E-state index contributed by atoms with van der Waals surface area (Å²) >= 11 is 0. The molecule has 0 atom stereocenters. The predicted molar refractivity (Wildman–Crippen MR) is 60.7 cm³/mol. The van der Waals surface area contributed by atoms with Crippen LogP contribution in [0.3, 0.4) is 0 Å². The third-order valence-corrected chi connectivity index (χ3v) is 5.56. The highest BCUT2D eigenvalue weighted by Crippen LogP contribution is 2.36. The maximum Gasteiger partial charge on any atom is 0.340 e. The first-order chi connectivity index (χ1) is 7.18. The van der Waals surface area contributed by atoms with Crippen molar-refractivity contribution >= 4 is 17.4 Å². The van der Waals surface area contributed by atoms with Gasteiger partial charge in [-0.15, -0.1) is 0 Å². The topological polar surface area (TPSA) is 91.7 Å². The molecule has 90 valence electrons. The molecular weight excluding hydrogens is 251 g/mol. The van der Waals surface area contributed by atoms with Gasteiger partial charge in [0.1, 0.15) is 0 Å². The minimum absolute atomic E-state index is 0.349. The van der Waals surface area contributed by atoms with Crippen LogP contribution in [0, 0.1) is 6.92 Å². The van der Waals surface area contributed by atoms with Gasteiger partial charge in [0.15, 0.2) is 15.3 Å². The van der Waals surface area contributed by atoms with Gasteiger partial charge in [-0.05, 0) is 12.5 Å². The molecule has 7 heteroatoms. The molecule has 2 N–H and O–H groups in total. The van der Waals surface area contributed by atoms with Crippen LogP contribution in [0.1, 0.15) is 11.1 Å². The van der Waals surface area contributed by atoms with E-state index in [0.717, 1.165) is 5.56 Å². The number of hydrogen-bond acceptors (Lipinski definition) is 3. The lowest BCUT2D eigenvalue weighted by Gasteiger charge is -2.06. The zero-order valence-corrected chi connectivity index (χ0v) is 10.4. The Hall–Kier alpha value is -0.680. The molecule has 0 amide bonds. The van der Waals surface area contributed by atoms with E-state index in [1.54, 1.807) is 24.3 Å². The van der Waals surface area contributed by atoms with Crippen molar-refractivity contribution < 1.29 is 22.8 Å². The molecule has 1 rings (SSSR count). The normalized spacial score (nSPS) is 12.7. The summed E-state index contributed by atoms with van der Waals surface area (Å²) in [6.45, 7) is 1.87. The number of benzene rings is 1. The molecule has 0 aliphatic carbocycles. The van der Waals surface area contributed by atoms with E-state index in [1.165, 1.54) is 0 Å². The molecule has 0 aliphatic rings. The Labute approximate surface area is 94.2 Å². The molecule has 0 saturated carbocycles. The van der Waals surface area contributed by atoms with Crippen molar-refractivity contribution in [2.45, 2.75) is 12.7 Å². The Kier molecular flexibility index (Phi) is 3.91. The van der Waals surface area contributed by atoms with Crippen LogP contribution in [-0.2, 0) is 20.2 Å².